The summed E-state index contributed by atoms with van der Waals surface area (Å²) in [7, 11) is -3.84. The molecule has 0 fully saturated rings. The van der Waals surface area contributed by atoms with Crippen LogP contribution in [0, 0.1) is 0 Å². The molecule has 178 valence electrons. The molecule has 1 heterocycles. The van der Waals surface area contributed by atoms with E-state index in [1.54, 1.807) is 23.1 Å². The third kappa shape index (κ3) is 5.61. The standard InChI is InChI=1S/C25H23N5O4S/c1-17(19-5-11-23(12-6-19)30-16-26-15-27-30)28-25(32)21-3-9-22(10-4-21)29-35(33,34)24-13-7-20(8-14-24)18(2)31/h3-17,29H,1-2H3,(H,28,32)/t17-/m1/s1. The van der Waals surface area contributed by atoms with Gasteiger partial charge < -0.3 is 5.32 Å². The van der Waals surface area contributed by atoms with Gasteiger partial charge in [-0.05, 0) is 67.9 Å². The van der Waals surface area contributed by atoms with Crippen molar-refractivity contribution in [2.45, 2.75) is 24.8 Å². The number of nitrogens with zero attached hydrogens (tertiary/aromatic N) is 3. The molecular weight excluding hydrogens is 466 g/mol. The molecule has 1 amide bonds. The van der Waals surface area contributed by atoms with Gasteiger partial charge in [0.1, 0.15) is 12.7 Å². The van der Waals surface area contributed by atoms with Crippen molar-refractivity contribution in [2.24, 2.45) is 0 Å². The lowest BCUT2D eigenvalue weighted by Crippen LogP contribution is -2.26. The van der Waals surface area contributed by atoms with Crippen molar-refractivity contribution >= 4 is 27.4 Å². The Morgan fingerprint density at radius 2 is 1.51 bits per heavy atom. The van der Waals surface area contributed by atoms with E-state index in [0.717, 1.165) is 11.3 Å². The molecule has 1 aromatic heterocycles. The second-order valence-corrected chi connectivity index (χ2v) is 9.57. The van der Waals surface area contributed by atoms with E-state index in [1.807, 2.05) is 31.2 Å². The number of rotatable bonds is 8. The van der Waals surface area contributed by atoms with E-state index < -0.39 is 10.0 Å². The minimum Gasteiger partial charge on any atom is -0.346 e. The summed E-state index contributed by atoms with van der Waals surface area (Å²) in [5.74, 6) is -0.430. The number of sulfonamides is 1. The number of benzene rings is 3. The maximum atomic E-state index is 12.7. The second-order valence-electron chi connectivity index (χ2n) is 7.89. The zero-order chi connectivity index (χ0) is 25.0. The van der Waals surface area contributed by atoms with Crippen LogP contribution in [0.2, 0.25) is 0 Å². The molecule has 35 heavy (non-hydrogen) atoms. The third-order valence-corrected chi connectivity index (χ3v) is 6.79. The number of Topliss-reactive ketones (excluding diaryl/α,β-unsaturated/α-hetero) is 1. The summed E-state index contributed by atoms with van der Waals surface area (Å²) < 4.78 is 29.4. The van der Waals surface area contributed by atoms with E-state index in [9.17, 15) is 18.0 Å². The Kier molecular flexibility index (Phi) is 6.74. The van der Waals surface area contributed by atoms with Crippen LogP contribution in [0.15, 0.2) is 90.3 Å². The fraction of sp³-hybridized carbons (Fsp3) is 0.120. The molecule has 0 aliphatic rings. The van der Waals surface area contributed by atoms with Gasteiger partial charge in [0, 0.05) is 16.8 Å². The fourth-order valence-electron chi connectivity index (χ4n) is 3.39. The fourth-order valence-corrected chi connectivity index (χ4v) is 4.45. The number of carbonyl (C=O) groups excluding carboxylic acids is 2. The lowest BCUT2D eigenvalue weighted by atomic mass is 10.1. The molecule has 2 N–H and O–H groups in total. The summed E-state index contributed by atoms with van der Waals surface area (Å²) >= 11 is 0. The average Bonchev–Trinajstić information content (AvgIpc) is 3.39. The summed E-state index contributed by atoms with van der Waals surface area (Å²) in [5, 5.41) is 7.02. The topological polar surface area (TPSA) is 123 Å². The molecule has 0 unspecified atom stereocenters. The Morgan fingerprint density at radius 1 is 0.886 bits per heavy atom. The lowest BCUT2D eigenvalue weighted by molar-refractivity contribution is 0.0939. The van der Waals surface area contributed by atoms with Crippen LogP contribution in [-0.2, 0) is 10.0 Å². The second kappa shape index (κ2) is 9.90. The minimum atomic E-state index is -3.84. The van der Waals surface area contributed by atoms with E-state index in [4.69, 9.17) is 0 Å². The Morgan fingerprint density at radius 3 is 2.09 bits per heavy atom. The molecule has 1 atom stereocenters. The molecule has 3 aromatic carbocycles. The van der Waals surface area contributed by atoms with Gasteiger partial charge >= 0.3 is 0 Å². The first-order valence-corrected chi connectivity index (χ1v) is 12.2. The number of ketones is 1. The van der Waals surface area contributed by atoms with Crippen molar-refractivity contribution in [1.29, 1.82) is 0 Å². The van der Waals surface area contributed by atoms with E-state index in [0.29, 0.717) is 16.8 Å². The number of aromatic nitrogens is 3. The molecule has 0 bridgehead atoms. The first-order valence-electron chi connectivity index (χ1n) is 10.7. The van der Waals surface area contributed by atoms with Crippen LogP contribution >= 0.6 is 0 Å². The summed E-state index contributed by atoms with van der Waals surface area (Å²) in [6, 6.07) is 19.2. The highest BCUT2D eigenvalue weighted by Gasteiger charge is 2.16. The summed E-state index contributed by atoms with van der Waals surface area (Å²) in [6.45, 7) is 3.29. The van der Waals surface area contributed by atoms with Crippen molar-refractivity contribution in [3.8, 4) is 5.69 Å². The van der Waals surface area contributed by atoms with Crippen LogP contribution in [0.3, 0.4) is 0 Å². The quantitative estimate of drug-likeness (QED) is 0.363. The molecule has 10 heteroatoms. The summed E-state index contributed by atoms with van der Waals surface area (Å²) in [6.07, 6.45) is 3.06. The SMILES string of the molecule is CC(=O)c1ccc(S(=O)(=O)Nc2ccc(C(=O)N[C@H](C)c3ccc(-n4cncn4)cc3)cc2)cc1. The molecule has 0 aliphatic heterocycles. The highest BCUT2D eigenvalue weighted by molar-refractivity contribution is 7.92. The summed E-state index contributed by atoms with van der Waals surface area (Å²) in [4.78, 5) is 28.0. The van der Waals surface area contributed by atoms with E-state index in [2.05, 4.69) is 20.1 Å². The van der Waals surface area contributed by atoms with Gasteiger partial charge in [-0.1, -0.05) is 24.3 Å². The van der Waals surface area contributed by atoms with E-state index >= 15 is 0 Å². The van der Waals surface area contributed by atoms with E-state index in [1.165, 1.54) is 49.6 Å². The largest absolute Gasteiger partial charge is 0.346 e. The molecule has 0 spiro atoms. The number of carbonyl (C=O) groups is 2. The van der Waals surface area contributed by atoms with Crippen LogP contribution in [0.4, 0.5) is 5.69 Å². The van der Waals surface area contributed by atoms with Gasteiger partial charge in [0.25, 0.3) is 15.9 Å². The highest BCUT2D eigenvalue weighted by Crippen LogP contribution is 2.19. The normalized spacial score (nSPS) is 12.1. The number of hydrogen-bond acceptors (Lipinski definition) is 6. The zero-order valence-electron chi connectivity index (χ0n) is 19.0. The van der Waals surface area contributed by atoms with Crippen molar-refractivity contribution in [3.05, 3.63) is 102 Å². The smallest absolute Gasteiger partial charge is 0.261 e. The van der Waals surface area contributed by atoms with E-state index in [-0.39, 0.29) is 22.6 Å². The molecule has 0 saturated carbocycles. The van der Waals surface area contributed by atoms with Crippen LogP contribution in [0.25, 0.3) is 5.69 Å². The lowest BCUT2D eigenvalue weighted by Gasteiger charge is -2.15. The molecule has 0 saturated heterocycles. The van der Waals surface area contributed by atoms with Crippen molar-refractivity contribution < 1.29 is 18.0 Å². The average molecular weight is 490 g/mol. The van der Waals surface area contributed by atoms with Gasteiger partial charge in [0.05, 0.1) is 16.6 Å². The van der Waals surface area contributed by atoms with Crippen LogP contribution < -0.4 is 10.0 Å². The highest BCUT2D eigenvalue weighted by atomic mass is 32.2. The maximum absolute atomic E-state index is 12.7. The molecule has 4 aromatic rings. The molecule has 0 radical (unpaired) electrons. The van der Waals surface area contributed by atoms with Crippen molar-refractivity contribution in [2.75, 3.05) is 4.72 Å². The van der Waals surface area contributed by atoms with Gasteiger partial charge in [-0.3, -0.25) is 14.3 Å². The predicted molar refractivity (Wildman–Crippen MR) is 131 cm³/mol. The Labute approximate surface area is 202 Å². The monoisotopic (exact) mass is 489 g/mol. The molecule has 0 aliphatic carbocycles. The molecule has 4 rings (SSSR count). The molecule has 9 nitrogen and oxygen atoms in total. The van der Waals surface area contributed by atoms with Gasteiger partial charge in [-0.2, -0.15) is 5.10 Å². The van der Waals surface area contributed by atoms with Gasteiger partial charge in [0.15, 0.2) is 5.78 Å². The van der Waals surface area contributed by atoms with Crippen LogP contribution in [-0.4, -0.2) is 34.9 Å². The number of nitrogens with one attached hydrogen (secondary N) is 2. The third-order valence-electron chi connectivity index (χ3n) is 5.39. The number of anilines is 1. The predicted octanol–water partition coefficient (Wildman–Crippen LogP) is 3.76. The van der Waals surface area contributed by atoms with Gasteiger partial charge in [-0.15, -0.1) is 0 Å². The Bertz CT molecular complexity index is 1430. The van der Waals surface area contributed by atoms with Gasteiger partial charge in [-0.25, -0.2) is 18.1 Å². The van der Waals surface area contributed by atoms with Crippen molar-refractivity contribution in [1.82, 2.24) is 20.1 Å². The molecular formula is C25H23N5O4S. The van der Waals surface area contributed by atoms with Gasteiger partial charge in [0.2, 0.25) is 0 Å². The van der Waals surface area contributed by atoms with Crippen LogP contribution in [0.1, 0.15) is 46.2 Å². The van der Waals surface area contributed by atoms with Crippen LogP contribution in [0.5, 0.6) is 0 Å². The Hall–Kier alpha value is -4.31. The Balaban J connectivity index is 1.39. The maximum Gasteiger partial charge on any atom is 0.261 e. The first-order chi connectivity index (χ1) is 16.7. The number of amides is 1. The number of hydrogen-bond donors (Lipinski definition) is 2. The first kappa shape index (κ1) is 23.8. The van der Waals surface area contributed by atoms with Crippen molar-refractivity contribution in [3.63, 3.8) is 0 Å². The zero-order valence-corrected chi connectivity index (χ0v) is 19.9. The summed E-state index contributed by atoms with van der Waals surface area (Å²) in [5.41, 5.74) is 2.92. The minimum absolute atomic E-state index is 0.0352.